The van der Waals surface area contributed by atoms with E-state index in [0.717, 1.165) is 11.8 Å². The molecule has 0 radical (unpaired) electrons. The van der Waals surface area contributed by atoms with Crippen molar-refractivity contribution < 1.29 is 26.4 Å². The molecule has 1 amide bonds. The number of methoxy groups -OCH3 is 1. The lowest BCUT2D eigenvalue weighted by Gasteiger charge is -2.23. The van der Waals surface area contributed by atoms with Crippen LogP contribution in [0.2, 0.25) is 5.02 Å². The van der Waals surface area contributed by atoms with Crippen molar-refractivity contribution in [1.29, 1.82) is 0 Å². The van der Waals surface area contributed by atoms with Crippen LogP contribution in [0.5, 0.6) is 5.75 Å². The van der Waals surface area contributed by atoms with Crippen molar-refractivity contribution in [2.75, 3.05) is 23.0 Å². The van der Waals surface area contributed by atoms with Crippen LogP contribution in [0.3, 0.4) is 0 Å². The van der Waals surface area contributed by atoms with E-state index >= 15 is 0 Å². The minimum absolute atomic E-state index is 0.0290. The largest absolute Gasteiger partial charge is 0.495 e. The van der Waals surface area contributed by atoms with Crippen molar-refractivity contribution >= 4 is 48.9 Å². The fraction of sp³-hybridized carbons (Fsp3) is 0.240. The fourth-order valence-corrected chi connectivity index (χ4v) is 5.75. The summed E-state index contributed by atoms with van der Waals surface area (Å²) in [5.74, 6) is -0.250. The second kappa shape index (κ2) is 11.5. The van der Waals surface area contributed by atoms with Gasteiger partial charge < -0.3 is 10.1 Å². The second-order valence-corrected chi connectivity index (χ2v) is 12.6. The number of ether oxygens (including phenoxy) is 1. The molecule has 37 heavy (non-hydrogen) atoms. The zero-order chi connectivity index (χ0) is 27.4. The van der Waals surface area contributed by atoms with E-state index in [0.29, 0.717) is 10.7 Å². The smallest absolute Gasteiger partial charge is 0.255 e. The van der Waals surface area contributed by atoms with Crippen LogP contribution in [0.15, 0.2) is 71.6 Å². The number of rotatable bonds is 10. The molecule has 0 saturated heterocycles. The molecule has 0 unspecified atom stereocenters. The minimum atomic E-state index is -3.79. The molecule has 0 spiro atoms. The summed E-state index contributed by atoms with van der Waals surface area (Å²) in [4.78, 5) is 12.9. The number of sulfonamides is 2. The summed E-state index contributed by atoms with van der Waals surface area (Å²) >= 11 is 5.92. The molecule has 0 saturated carbocycles. The molecular weight excluding hydrogens is 538 g/mol. The first-order valence-electron chi connectivity index (χ1n) is 11.1. The molecular formula is C25H28ClN3O6S2. The molecule has 0 fully saturated rings. The molecule has 0 atom stereocenters. The maximum Gasteiger partial charge on any atom is 0.255 e. The fourth-order valence-electron chi connectivity index (χ4n) is 3.46. The van der Waals surface area contributed by atoms with Crippen LogP contribution in [-0.4, -0.2) is 42.2 Å². The van der Waals surface area contributed by atoms with Gasteiger partial charge in [0, 0.05) is 16.6 Å². The Hall–Kier alpha value is -3.12. The van der Waals surface area contributed by atoms with Gasteiger partial charge in [-0.1, -0.05) is 23.7 Å². The van der Waals surface area contributed by atoms with Crippen LogP contribution < -0.4 is 19.1 Å². The molecule has 3 aromatic carbocycles. The van der Waals surface area contributed by atoms with Crippen molar-refractivity contribution in [3.8, 4) is 5.75 Å². The quantitative estimate of drug-likeness (QED) is 0.379. The van der Waals surface area contributed by atoms with Gasteiger partial charge in [-0.05, 0) is 74.0 Å². The van der Waals surface area contributed by atoms with Gasteiger partial charge in [-0.15, -0.1) is 0 Å². The zero-order valence-corrected chi connectivity index (χ0v) is 23.1. The third kappa shape index (κ3) is 7.45. The standard InChI is InChI=1S/C25H28ClN3O6S2/c1-17(2)28-37(33,34)22-13-14-24(35-3)23(15-22)27-25(30)19-7-11-21(12-8-19)29(36(4,31)32)16-18-5-9-20(26)10-6-18/h5-15,17,28H,16H2,1-4H3,(H,27,30). The Labute approximate surface area is 222 Å². The van der Waals surface area contributed by atoms with Gasteiger partial charge in [0.2, 0.25) is 20.0 Å². The van der Waals surface area contributed by atoms with Crippen LogP contribution in [0.4, 0.5) is 11.4 Å². The lowest BCUT2D eigenvalue weighted by atomic mass is 10.1. The minimum Gasteiger partial charge on any atom is -0.495 e. The zero-order valence-electron chi connectivity index (χ0n) is 20.7. The Bertz CT molecular complexity index is 1470. The average Bonchev–Trinajstić information content (AvgIpc) is 2.82. The number of nitrogens with one attached hydrogen (secondary N) is 2. The number of benzene rings is 3. The molecule has 3 aromatic rings. The number of amides is 1. The summed E-state index contributed by atoms with van der Waals surface area (Å²) < 4.78 is 59.0. The van der Waals surface area contributed by atoms with E-state index in [1.807, 2.05) is 0 Å². The lowest BCUT2D eigenvalue weighted by Crippen LogP contribution is -2.30. The van der Waals surface area contributed by atoms with Crippen LogP contribution >= 0.6 is 11.6 Å². The van der Waals surface area contributed by atoms with E-state index < -0.39 is 26.0 Å². The van der Waals surface area contributed by atoms with E-state index in [2.05, 4.69) is 10.0 Å². The highest BCUT2D eigenvalue weighted by atomic mass is 35.5. The maximum atomic E-state index is 12.9. The normalized spacial score (nSPS) is 11.8. The molecule has 0 heterocycles. The predicted molar refractivity (Wildman–Crippen MR) is 145 cm³/mol. The topological polar surface area (TPSA) is 122 Å². The molecule has 198 valence electrons. The molecule has 3 rings (SSSR count). The van der Waals surface area contributed by atoms with E-state index in [1.165, 1.54) is 53.9 Å². The van der Waals surface area contributed by atoms with Crippen LogP contribution in [-0.2, 0) is 26.6 Å². The number of nitrogens with zero attached hydrogens (tertiary/aromatic N) is 1. The van der Waals surface area contributed by atoms with Gasteiger partial charge in [-0.2, -0.15) is 0 Å². The third-order valence-electron chi connectivity index (χ3n) is 5.18. The van der Waals surface area contributed by atoms with E-state index in [9.17, 15) is 21.6 Å². The van der Waals surface area contributed by atoms with Gasteiger partial charge in [0.05, 0.1) is 36.2 Å². The average molecular weight is 566 g/mol. The number of halogens is 1. The Kier molecular flexibility index (Phi) is 8.85. The number of carbonyl (C=O) groups excluding carboxylic acids is 1. The Morgan fingerprint density at radius 1 is 0.973 bits per heavy atom. The van der Waals surface area contributed by atoms with Crippen molar-refractivity contribution in [3.05, 3.63) is 82.9 Å². The summed E-state index contributed by atoms with van der Waals surface area (Å²) in [7, 11) is -6.01. The first-order valence-corrected chi connectivity index (χ1v) is 14.8. The molecule has 0 aliphatic rings. The Morgan fingerprint density at radius 3 is 2.14 bits per heavy atom. The third-order valence-corrected chi connectivity index (χ3v) is 8.23. The number of hydrogen-bond acceptors (Lipinski definition) is 6. The molecule has 2 N–H and O–H groups in total. The monoisotopic (exact) mass is 565 g/mol. The SMILES string of the molecule is COc1ccc(S(=O)(=O)NC(C)C)cc1NC(=O)c1ccc(N(Cc2ccc(Cl)cc2)S(C)(=O)=O)cc1. The molecule has 0 bridgehead atoms. The van der Waals surface area contributed by atoms with Gasteiger partial charge >= 0.3 is 0 Å². The molecule has 0 aromatic heterocycles. The first-order chi connectivity index (χ1) is 17.3. The molecule has 9 nitrogen and oxygen atoms in total. The van der Waals surface area contributed by atoms with Gasteiger partial charge in [-0.3, -0.25) is 9.10 Å². The summed E-state index contributed by atoms with van der Waals surface area (Å²) in [5.41, 5.74) is 1.52. The lowest BCUT2D eigenvalue weighted by molar-refractivity contribution is 0.102. The van der Waals surface area contributed by atoms with Crippen LogP contribution in [0.25, 0.3) is 0 Å². The van der Waals surface area contributed by atoms with E-state index in [4.69, 9.17) is 16.3 Å². The number of hydrogen-bond donors (Lipinski definition) is 2. The van der Waals surface area contributed by atoms with Crippen LogP contribution in [0, 0.1) is 0 Å². The summed E-state index contributed by atoms with van der Waals surface area (Å²) in [6, 6.07) is 16.7. The highest BCUT2D eigenvalue weighted by molar-refractivity contribution is 7.92. The van der Waals surface area contributed by atoms with E-state index in [-0.39, 0.29) is 34.5 Å². The summed E-state index contributed by atoms with van der Waals surface area (Å²) in [6.07, 6.45) is 1.10. The van der Waals surface area contributed by atoms with Gasteiger partial charge in [0.1, 0.15) is 5.75 Å². The van der Waals surface area contributed by atoms with Gasteiger partial charge in [0.25, 0.3) is 5.91 Å². The van der Waals surface area contributed by atoms with Crippen molar-refractivity contribution in [2.45, 2.75) is 31.3 Å². The second-order valence-electron chi connectivity index (χ2n) is 8.54. The van der Waals surface area contributed by atoms with Crippen LogP contribution in [0.1, 0.15) is 29.8 Å². The highest BCUT2D eigenvalue weighted by Gasteiger charge is 2.21. The molecule has 0 aliphatic carbocycles. The number of anilines is 2. The Balaban J connectivity index is 1.85. The number of carbonyl (C=O) groups is 1. The Morgan fingerprint density at radius 2 is 1.59 bits per heavy atom. The highest BCUT2D eigenvalue weighted by Crippen LogP contribution is 2.29. The predicted octanol–water partition coefficient (Wildman–Crippen LogP) is 4.25. The van der Waals surface area contributed by atoms with E-state index in [1.54, 1.807) is 38.1 Å². The molecule has 0 aliphatic heterocycles. The van der Waals surface area contributed by atoms with Crippen molar-refractivity contribution in [1.82, 2.24) is 4.72 Å². The maximum absolute atomic E-state index is 12.9. The van der Waals surface area contributed by atoms with Crippen molar-refractivity contribution in [3.63, 3.8) is 0 Å². The first kappa shape index (κ1) is 28.5. The molecule has 12 heteroatoms. The summed E-state index contributed by atoms with van der Waals surface area (Å²) in [5, 5.41) is 3.21. The van der Waals surface area contributed by atoms with Gasteiger partial charge in [-0.25, -0.2) is 21.6 Å². The van der Waals surface area contributed by atoms with Gasteiger partial charge in [0.15, 0.2) is 0 Å². The summed E-state index contributed by atoms with van der Waals surface area (Å²) in [6.45, 7) is 3.49. The van der Waals surface area contributed by atoms with Crippen molar-refractivity contribution in [2.24, 2.45) is 0 Å².